The number of hydrogen-bond acceptors (Lipinski definition) is 3. The van der Waals surface area contributed by atoms with E-state index in [2.05, 4.69) is 0 Å². The van der Waals surface area contributed by atoms with Crippen molar-refractivity contribution in [3.05, 3.63) is 0 Å². The molecule has 0 saturated heterocycles. The lowest BCUT2D eigenvalue weighted by molar-refractivity contribution is -0.119. The Morgan fingerprint density at radius 2 is 2.09 bits per heavy atom. The molecule has 0 spiro atoms. The van der Waals surface area contributed by atoms with Gasteiger partial charge in [0, 0.05) is 13.5 Å². The average Bonchev–Trinajstić information content (AvgIpc) is 1.86. The number of rotatable bonds is 6. The van der Waals surface area contributed by atoms with Crippen LogP contribution < -0.4 is 0 Å². The first-order chi connectivity index (χ1) is 5.16. The van der Waals surface area contributed by atoms with Crippen molar-refractivity contribution in [2.24, 2.45) is 0 Å². The molecule has 0 N–H and O–H groups in total. The van der Waals surface area contributed by atoms with Gasteiger partial charge in [-0.1, -0.05) is 0 Å². The molecule has 0 heterocycles. The van der Waals surface area contributed by atoms with E-state index in [9.17, 15) is 4.79 Å². The number of carbonyl (C=O) groups is 1. The van der Waals surface area contributed by atoms with E-state index in [-0.39, 0.29) is 11.9 Å². The van der Waals surface area contributed by atoms with E-state index >= 15 is 0 Å². The van der Waals surface area contributed by atoms with E-state index in [4.69, 9.17) is 9.47 Å². The third kappa shape index (κ3) is 7.49. The Morgan fingerprint density at radius 3 is 2.55 bits per heavy atom. The normalized spacial score (nSPS) is 13.0. The minimum absolute atomic E-state index is 0.0163. The lowest BCUT2D eigenvalue weighted by atomic mass is 10.2. The summed E-state index contributed by atoms with van der Waals surface area (Å²) >= 11 is 0. The first-order valence-electron chi connectivity index (χ1n) is 3.76. The highest BCUT2D eigenvalue weighted by atomic mass is 16.5. The van der Waals surface area contributed by atoms with Crippen molar-refractivity contribution in [3.8, 4) is 0 Å². The minimum atomic E-state index is 0.0163. The van der Waals surface area contributed by atoms with Crippen LogP contribution in [0.25, 0.3) is 0 Å². The maximum atomic E-state index is 10.6. The molecule has 1 atom stereocenters. The quantitative estimate of drug-likeness (QED) is 0.544. The molecule has 0 aliphatic heterocycles. The molecular formula is C8H16O3. The van der Waals surface area contributed by atoms with Crippen LogP contribution >= 0.6 is 0 Å². The van der Waals surface area contributed by atoms with Gasteiger partial charge in [0.15, 0.2) is 0 Å². The van der Waals surface area contributed by atoms with E-state index in [0.717, 1.165) is 0 Å². The Labute approximate surface area is 67.7 Å². The molecule has 0 aromatic carbocycles. The Kier molecular flexibility index (Phi) is 6.07. The van der Waals surface area contributed by atoms with Crippen LogP contribution in [0.5, 0.6) is 0 Å². The number of hydrogen-bond donors (Lipinski definition) is 0. The third-order valence-electron chi connectivity index (χ3n) is 1.26. The predicted octanol–water partition coefficient (Wildman–Crippen LogP) is 1.02. The molecule has 0 fully saturated rings. The molecule has 11 heavy (non-hydrogen) atoms. The van der Waals surface area contributed by atoms with Gasteiger partial charge < -0.3 is 9.47 Å². The highest BCUT2D eigenvalue weighted by molar-refractivity contribution is 5.75. The zero-order valence-corrected chi connectivity index (χ0v) is 7.42. The van der Waals surface area contributed by atoms with E-state index in [0.29, 0.717) is 19.6 Å². The molecule has 0 rings (SSSR count). The van der Waals surface area contributed by atoms with Gasteiger partial charge in [0.05, 0.1) is 19.3 Å². The smallest absolute Gasteiger partial charge is 0.132 e. The molecule has 0 aromatic rings. The van der Waals surface area contributed by atoms with Gasteiger partial charge in [0.25, 0.3) is 0 Å². The van der Waals surface area contributed by atoms with Crippen LogP contribution in [0.3, 0.4) is 0 Å². The molecule has 0 aliphatic rings. The summed E-state index contributed by atoms with van der Waals surface area (Å²) in [5.74, 6) is 0.162. The summed E-state index contributed by atoms with van der Waals surface area (Å²) in [6.45, 7) is 4.60. The van der Waals surface area contributed by atoms with Gasteiger partial charge in [-0.3, -0.25) is 4.79 Å². The van der Waals surface area contributed by atoms with E-state index in [1.165, 1.54) is 0 Å². The van der Waals surface area contributed by atoms with Crippen LogP contribution in [0.1, 0.15) is 20.3 Å². The molecule has 0 amide bonds. The molecule has 0 radical (unpaired) electrons. The first-order valence-corrected chi connectivity index (χ1v) is 3.76. The zero-order valence-electron chi connectivity index (χ0n) is 7.42. The van der Waals surface area contributed by atoms with Crippen LogP contribution in [0.4, 0.5) is 0 Å². The molecule has 0 aromatic heterocycles. The third-order valence-corrected chi connectivity index (χ3v) is 1.26. The highest BCUT2D eigenvalue weighted by Gasteiger charge is 2.03. The van der Waals surface area contributed by atoms with E-state index < -0.39 is 0 Å². The summed E-state index contributed by atoms with van der Waals surface area (Å²) < 4.78 is 10.0. The van der Waals surface area contributed by atoms with Gasteiger partial charge in [-0.05, 0) is 13.8 Å². The summed E-state index contributed by atoms with van der Waals surface area (Å²) in [7, 11) is 1.62. The van der Waals surface area contributed by atoms with Crippen LogP contribution in [0, 0.1) is 0 Å². The largest absolute Gasteiger partial charge is 0.382 e. The summed E-state index contributed by atoms with van der Waals surface area (Å²) in [5.41, 5.74) is 0. The average molecular weight is 160 g/mol. The zero-order chi connectivity index (χ0) is 8.69. The molecule has 66 valence electrons. The van der Waals surface area contributed by atoms with Crippen LogP contribution in [-0.2, 0) is 14.3 Å². The van der Waals surface area contributed by atoms with Gasteiger partial charge in [0.1, 0.15) is 5.78 Å². The van der Waals surface area contributed by atoms with Crippen molar-refractivity contribution in [2.45, 2.75) is 26.4 Å². The van der Waals surface area contributed by atoms with Crippen molar-refractivity contribution in [1.29, 1.82) is 0 Å². The molecule has 1 unspecified atom stereocenters. The Balaban J connectivity index is 3.22. The molecule has 0 bridgehead atoms. The monoisotopic (exact) mass is 160 g/mol. The molecule has 3 heteroatoms. The molecule has 3 nitrogen and oxygen atoms in total. The lowest BCUT2D eigenvalue weighted by Gasteiger charge is -2.09. The van der Waals surface area contributed by atoms with Gasteiger partial charge in [-0.15, -0.1) is 0 Å². The van der Waals surface area contributed by atoms with Crippen molar-refractivity contribution >= 4 is 5.78 Å². The molecule has 0 saturated carbocycles. The lowest BCUT2D eigenvalue weighted by Crippen LogP contribution is -2.15. The summed E-state index contributed by atoms with van der Waals surface area (Å²) in [6.07, 6.45) is 0.506. The van der Waals surface area contributed by atoms with Crippen molar-refractivity contribution < 1.29 is 14.3 Å². The topological polar surface area (TPSA) is 35.5 Å². The van der Waals surface area contributed by atoms with E-state index in [1.807, 2.05) is 6.92 Å². The number of methoxy groups -OCH3 is 1. The molecule has 0 aliphatic carbocycles. The second-order valence-corrected chi connectivity index (χ2v) is 2.58. The minimum Gasteiger partial charge on any atom is -0.382 e. The van der Waals surface area contributed by atoms with Gasteiger partial charge in [-0.25, -0.2) is 0 Å². The standard InChI is InChI=1S/C8H16O3/c1-7(9)6-8(2)11-5-4-10-3/h8H,4-6H2,1-3H3. The van der Waals surface area contributed by atoms with Gasteiger partial charge in [0.2, 0.25) is 0 Å². The summed E-state index contributed by atoms with van der Waals surface area (Å²) in [4.78, 5) is 10.6. The van der Waals surface area contributed by atoms with Crippen molar-refractivity contribution in [3.63, 3.8) is 0 Å². The fourth-order valence-electron chi connectivity index (χ4n) is 0.796. The fraction of sp³-hybridized carbons (Fsp3) is 0.875. The number of ketones is 1. The SMILES string of the molecule is COCCOC(C)CC(C)=O. The highest BCUT2D eigenvalue weighted by Crippen LogP contribution is 1.97. The second kappa shape index (κ2) is 6.31. The second-order valence-electron chi connectivity index (χ2n) is 2.58. The maximum absolute atomic E-state index is 10.6. The number of carbonyl (C=O) groups excluding carboxylic acids is 1. The Bertz CT molecular complexity index is 112. The van der Waals surface area contributed by atoms with Gasteiger partial charge in [-0.2, -0.15) is 0 Å². The van der Waals surface area contributed by atoms with Crippen LogP contribution in [0.15, 0.2) is 0 Å². The van der Waals surface area contributed by atoms with Crippen molar-refractivity contribution in [1.82, 2.24) is 0 Å². The Morgan fingerprint density at radius 1 is 1.45 bits per heavy atom. The Hall–Kier alpha value is -0.410. The van der Waals surface area contributed by atoms with Crippen LogP contribution in [-0.4, -0.2) is 32.2 Å². The number of Topliss-reactive ketones (excluding diaryl/α,β-unsaturated/α-hetero) is 1. The van der Waals surface area contributed by atoms with Gasteiger partial charge >= 0.3 is 0 Å². The predicted molar refractivity (Wildman–Crippen MR) is 42.6 cm³/mol. The summed E-state index contributed by atoms with van der Waals surface area (Å²) in [6, 6.07) is 0. The summed E-state index contributed by atoms with van der Waals surface area (Å²) in [5, 5.41) is 0. The maximum Gasteiger partial charge on any atom is 0.132 e. The fourth-order valence-corrected chi connectivity index (χ4v) is 0.796. The van der Waals surface area contributed by atoms with E-state index in [1.54, 1.807) is 14.0 Å². The molecular weight excluding hydrogens is 144 g/mol. The van der Waals surface area contributed by atoms with Crippen LogP contribution in [0.2, 0.25) is 0 Å². The van der Waals surface area contributed by atoms with Crippen molar-refractivity contribution in [2.75, 3.05) is 20.3 Å². The number of ether oxygens (including phenoxy) is 2. The first kappa shape index (κ1) is 10.6.